The average molecular weight is 266 g/mol. The summed E-state index contributed by atoms with van der Waals surface area (Å²) in [5.41, 5.74) is 2.24. The Bertz CT molecular complexity index is 568. The molecule has 2 aromatic rings. The minimum Gasteiger partial charge on any atom is -0.283 e. The zero-order valence-corrected chi connectivity index (χ0v) is 11.4. The summed E-state index contributed by atoms with van der Waals surface area (Å²) in [7, 11) is 0. The van der Waals surface area contributed by atoms with E-state index in [1.165, 1.54) is 0 Å². The van der Waals surface area contributed by atoms with Gasteiger partial charge in [-0.1, -0.05) is 48.5 Å². The maximum absolute atomic E-state index is 12.3. The topological polar surface area (TPSA) is 23.6 Å². The molecule has 1 aliphatic heterocycles. The second kappa shape index (κ2) is 5.78. The normalized spacial score (nSPS) is 15.5. The van der Waals surface area contributed by atoms with Crippen LogP contribution in [0.3, 0.4) is 0 Å². The molecule has 1 aliphatic rings. The van der Waals surface area contributed by atoms with Crippen molar-refractivity contribution in [2.24, 2.45) is 0 Å². The van der Waals surface area contributed by atoms with Gasteiger partial charge in [-0.15, -0.1) is 0 Å². The summed E-state index contributed by atoms with van der Waals surface area (Å²) in [5, 5.41) is 3.97. The fourth-order valence-electron chi connectivity index (χ4n) is 2.56. The number of nitrogens with zero attached hydrogens (tertiary/aromatic N) is 2. The van der Waals surface area contributed by atoms with Gasteiger partial charge in [-0.2, -0.15) is 0 Å². The third-order valence-corrected chi connectivity index (χ3v) is 3.57. The fourth-order valence-corrected chi connectivity index (χ4v) is 2.56. The van der Waals surface area contributed by atoms with Gasteiger partial charge in [0.2, 0.25) is 5.91 Å². The molecule has 2 aromatic carbocycles. The summed E-state index contributed by atoms with van der Waals surface area (Å²) in [5.74, 6) is 0.198. The Labute approximate surface area is 119 Å². The van der Waals surface area contributed by atoms with Crippen molar-refractivity contribution in [3.8, 4) is 0 Å². The monoisotopic (exact) mass is 266 g/mol. The third-order valence-electron chi connectivity index (χ3n) is 3.57. The molecular weight excluding hydrogens is 248 g/mol. The molecule has 3 rings (SSSR count). The summed E-state index contributed by atoms with van der Waals surface area (Å²) < 4.78 is 0. The van der Waals surface area contributed by atoms with Gasteiger partial charge in [0.25, 0.3) is 0 Å². The number of rotatable bonds is 3. The summed E-state index contributed by atoms with van der Waals surface area (Å²) in [6.45, 7) is 1.52. The Morgan fingerprint density at radius 2 is 1.55 bits per heavy atom. The van der Waals surface area contributed by atoms with Crippen molar-refractivity contribution in [2.75, 3.05) is 11.6 Å². The molecule has 0 aromatic heterocycles. The van der Waals surface area contributed by atoms with Gasteiger partial charge in [-0.3, -0.25) is 9.80 Å². The summed E-state index contributed by atoms with van der Waals surface area (Å²) >= 11 is 0. The van der Waals surface area contributed by atoms with E-state index in [4.69, 9.17) is 0 Å². The Morgan fingerprint density at radius 1 is 0.900 bits per heavy atom. The maximum atomic E-state index is 12.3. The van der Waals surface area contributed by atoms with Gasteiger partial charge < -0.3 is 0 Å². The summed E-state index contributed by atoms with van der Waals surface area (Å²) in [6.07, 6.45) is 1.55. The zero-order chi connectivity index (χ0) is 13.8. The first-order valence-electron chi connectivity index (χ1n) is 7.01. The van der Waals surface area contributed by atoms with E-state index in [-0.39, 0.29) is 5.91 Å². The van der Waals surface area contributed by atoms with Crippen molar-refractivity contribution < 1.29 is 4.79 Å². The largest absolute Gasteiger partial charge is 0.283 e. The Kier molecular flexibility index (Phi) is 3.68. The predicted octanol–water partition coefficient (Wildman–Crippen LogP) is 3.23. The van der Waals surface area contributed by atoms with Gasteiger partial charge in [-0.25, -0.2) is 5.01 Å². The molecule has 0 unspecified atom stereocenters. The van der Waals surface area contributed by atoms with Crippen LogP contribution < -0.4 is 5.01 Å². The minimum absolute atomic E-state index is 0.198. The lowest BCUT2D eigenvalue weighted by Crippen LogP contribution is -2.50. The van der Waals surface area contributed by atoms with Crippen LogP contribution in [0.1, 0.15) is 18.4 Å². The van der Waals surface area contributed by atoms with E-state index in [1.54, 1.807) is 0 Å². The van der Waals surface area contributed by atoms with E-state index in [9.17, 15) is 4.79 Å². The van der Waals surface area contributed by atoms with Crippen LogP contribution in [-0.2, 0) is 11.3 Å². The molecule has 1 amide bonds. The summed E-state index contributed by atoms with van der Waals surface area (Å²) in [6, 6.07) is 20.3. The van der Waals surface area contributed by atoms with Crippen LogP contribution in [0.15, 0.2) is 60.7 Å². The smallest absolute Gasteiger partial charge is 0.241 e. The lowest BCUT2D eigenvalue weighted by atomic mass is 10.1. The molecule has 1 heterocycles. The van der Waals surface area contributed by atoms with Crippen LogP contribution in [0.5, 0.6) is 0 Å². The third kappa shape index (κ3) is 2.67. The van der Waals surface area contributed by atoms with Crippen molar-refractivity contribution in [1.29, 1.82) is 0 Å². The van der Waals surface area contributed by atoms with E-state index in [0.29, 0.717) is 13.0 Å². The van der Waals surface area contributed by atoms with Gasteiger partial charge in [0.15, 0.2) is 0 Å². The molecule has 0 N–H and O–H groups in total. The Morgan fingerprint density at radius 3 is 2.25 bits per heavy atom. The van der Waals surface area contributed by atoms with Crippen LogP contribution in [0, 0.1) is 0 Å². The lowest BCUT2D eigenvalue weighted by Gasteiger charge is -2.40. The number of hydrogen-bond acceptors (Lipinski definition) is 2. The van der Waals surface area contributed by atoms with Crippen LogP contribution >= 0.6 is 0 Å². The highest BCUT2D eigenvalue weighted by Crippen LogP contribution is 2.23. The predicted molar refractivity (Wildman–Crippen MR) is 80.0 cm³/mol. The molecule has 102 valence electrons. The van der Waals surface area contributed by atoms with Crippen molar-refractivity contribution in [2.45, 2.75) is 19.4 Å². The van der Waals surface area contributed by atoms with Crippen molar-refractivity contribution >= 4 is 11.6 Å². The number of carbonyl (C=O) groups is 1. The van der Waals surface area contributed by atoms with Crippen LogP contribution in [0.2, 0.25) is 0 Å². The average Bonchev–Trinajstić information content (AvgIpc) is 2.51. The van der Waals surface area contributed by atoms with E-state index < -0.39 is 0 Å². The van der Waals surface area contributed by atoms with Crippen LogP contribution in [0.4, 0.5) is 5.69 Å². The minimum atomic E-state index is 0.198. The van der Waals surface area contributed by atoms with E-state index >= 15 is 0 Å². The molecule has 1 fully saturated rings. The molecule has 3 nitrogen and oxygen atoms in total. The highest BCUT2D eigenvalue weighted by molar-refractivity contribution is 5.79. The summed E-state index contributed by atoms with van der Waals surface area (Å²) in [4.78, 5) is 12.3. The second-order valence-corrected chi connectivity index (χ2v) is 5.00. The SMILES string of the molecule is O=C1CCCN(c2ccccc2)N1Cc1ccccc1. The standard InChI is InChI=1S/C17H18N2O/c20-17-12-7-13-18(16-10-5-2-6-11-16)19(17)14-15-8-3-1-4-9-15/h1-6,8-11H,7,12-14H2. The lowest BCUT2D eigenvalue weighted by molar-refractivity contribution is -0.134. The molecule has 0 bridgehead atoms. The molecular formula is C17H18N2O. The van der Waals surface area contributed by atoms with Gasteiger partial charge in [-0.05, 0) is 24.1 Å². The molecule has 20 heavy (non-hydrogen) atoms. The number of carbonyl (C=O) groups excluding carboxylic acids is 1. The van der Waals surface area contributed by atoms with Crippen molar-refractivity contribution in [1.82, 2.24) is 5.01 Å². The fraction of sp³-hybridized carbons (Fsp3) is 0.235. The number of hydrogen-bond donors (Lipinski definition) is 0. The first-order valence-corrected chi connectivity index (χ1v) is 7.01. The first kappa shape index (κ1) is 12.7. The van der Waals surface area contributed by atoms with E-state index in [0.717, 1.165) is 24.2 Å². The van der Waals surface area contributed by atoms with Crippen molar-refractivity contribution in [3.63, 3.8) is 0 Å². The van der Waals surface area contributed by atoms with Gasteiger partial charge in [0, 0.05) is 13.0 Å². The quantitative estimate of drug-likeness (QED) is 0.851. The number of hydrazine groups is 1. The molecule has 0 aliphatic carbocycles. The highest BCUT2D eigenvalue weighted by Gasteiger charge is 2.26. The molecule has 0 saturated carbocycles. The van der Waals surface area contributed by atoms with Crippen LogP contribution in [0.25, 0.3) is 0 Å². The first-order chi connectivity index (χ1) is 9.84. The zero-order valence-electron chi connectivity index (χ0n) is 11.4. The van der Waals surface area contributed by atoms with Gasteiger partial charge >= 0.3 is 0 Å². The molecule has 1 saturated heterocycles. The van der Waals surface area contributed by atoms with E-state index in [2.05, 4.69) is 29.3 Å². The molecule has 0 spiro atoms. The molecule has 3 heteroatoms. The highest BCUT2D eigenvalue weighted by atomic mass is 16.2. The molecule has 0 radical (unpaired) electrons. The number of benzene rings is 2. The second-order valence-electron chi connectivity index (χ2n) is 5.00. The van der Waals surface area contributed by atoms with Crippen LogP contribution in [-0.4, -0.2) is 17.5 Å². The molecule has 0 atom stereocenters. The van der Waals surface area contributed by atoms with Gasteiger partial charge in [0.05, 0.1) is 12.2 Å². The number of amides is 1. The Hall–Kier alpha value is -2.29. The van der Waals surface area contributed by atoms with Crippen molar-refractivity contribution in [3.05, 3.63) is 66.2 Å². The Balaban J connectivity index is 1.86. The van der Waals surface area contributed by atoms with Gasteiger partial charge in [0.1, 0.15) is 0 Å². The van der Waals surface area contributed by atoms with E-state index in [1.807, 2.05) is 41.4 Å². The number of para-hydroxylation sites is 1. The number of anilines is 1. The maximum Gasteiger partial charge on any atom is 0.241 e.